The first-order chi connectivity index (χ1) is 20.3. The summed E-state index contributed by atoms with van der Waals surface area (Å²) in [5, 5.41) is 2.62. The SMILES string of the molecule is Nc1ccccc1-c1ccc(-c2cc(-c3ccccc3)c3c(c2-c2ccccc2)-c2cccc4cccc-3c24)cc1. The molecule has 0 saturated heterocycles. The molecule has 0 aromatic heterocycles. The monoisotopic (exact) mass is 521 g/mol. The lowest BCUT2D eigenvalue weighted by molar-refractivity contribution is 1.55. The van der Waals surface area contributed by atoms with Crippen LogP contribution in [0.4, 0.5) is 5.69 Å². The van der Waals surface area contributed by atoms with E-state index in [4.69, 9.17) is 5.73 Å². The minimum absolute atomic E-state index is 0.792. The van der Waals surface area contributed by atoms with Crippen LogP contribution in [0.1, 0.15) is 0 Å². The van der Waals surface area contributed by atoms with Crippen LogP contribution in [0.3, 0.4) is 0 Å². The fourth-order valence-corrected chi connectivity index (χ4v) is 6.56. The number of para-hydroxylation sites is 1. The summed E-state index contributed by atoms with van der Waals surface area (Å²) in [7, 11) is 0. The first kappa shape index (κ1) is 23.5. The molecule has 0 amide bonds. The molecule has 0 fully saturated rings. The average molecular weight is 522 g/mol. The highest BCUT2D eigenvalue weighted by atomic mass is 14.6. The molecule has 0 spiro atoms. The van der Waals surface area contributed by atoms with Gasteiger partial charge in [0.15, 0.2) is 0 Å². The summed E-state index contributed by atoms with van der Waals surface area (Å²) < 4.78 is 0. The van der Waals surface area contributed by atoms with E-state index in [1.54, 1.807) is 0 Å². The number of benzene rings is 7. The maximum atomic E-state index is 6.33. The Hall–Kier alpha value is -5.40. The van der Waals surface area contributed by atoms with Crippen molar-refractivity contribution in [2.75, 3.05) is 5.73 Å². The van der Waals surface area contributed by atoms with Crippen LogP contribution in [0.2, 0.25) is 0 Å². The van der Waals surface area contributed by atoms with Gasteiger partial charge in [-0.05, 0) is 84.1 Å². The van der Waals surface area contributed by atoms with Gasteiger partial charge < -0.3 is 5.73 Å². The van der Waals surface area contributed by atoms with E-state index in [0.29, 0.717) is 0 Å². The molecule has 1 aliphatic rings. The third-order valence-electron chi connectivity index (χ3n) is 8.39. The highest BCUT2D eigenvalue weighted by molar-refractivity contribution is 6.22. The largest absolute Gasteiger partial charge is 0.398 e. The first-order valence-corrected chi connectivity index (χ1v) is 14.1. The minimum Gasteiger partial charge on any atom is -0.398 e. The quantitative estimate of drug-likeness (QED) is 0.229. The Bertz CT molecular complexity index is 2070. The van der Waals surface area contributed by atoms with E-state index in [9.17, 15) is 0 Å². The maximum absolute atomic E-state index is 6.33. The molecule has 7 aromatic carbocycles. The van der Waals surface area contributed by atoms with Gasteiger partial charge in [-0.25, -0.2) is 0 Å². The van der Waals surface area contributed by atoms with Crippen LogP contribution in [-0.2, 0) is 0 Å². The smallest absolute Gasteiger partial charge is 0.0393 e. The summed E-state index contributed by atoms with van der Waals surface area (Å²) in [5.74, 6) is 0. The van der Waals surface area contributed by atoms with Gasteiger partial charge in [-0.15, -0.1) is 0 Å². The number of hydrogen-bond acceptors (Lipinski definition) is 1. The number of anilines is 1. The summed E-state index contributed by atoms with van der Waals surface area (Å²) >= 11 is 0. The zero-order chi connectivity index (χ0) is 27.3. The van der Waals surface area contributed by atoms with Gasteiger partial charge in [0.1, 0.15) is 0 Å². The van der Waals surface area contributed by atoms with E-state index in [2.05, 4.69) is 133 Å². The van der Waals surface area contributed by atoms with Gasteiger partial charge >= 0.3 is 0 Å². The number of nitrogens with two attached hydrogens (primary N) is 1. The second-order valence-corrected chi connectivity index (χ2v) is 10.7. The van der Waals surface area contributed by atoms with E-state index >= 15 is 0 Å². The van der Waals surface area contributed by atoms with Crippen molar-refractivity contribution in [2.24, 2.45) is 0 Å². The van der Waals surface area contributed by atoms with Crippen molar-refractivity contribution in [1.29, 1.82) is 0 Å². The Morgan fingerprint density at radius 3 is 1.46 bits per heavy atom. The number of hydrogen-bond donors (Lipinski definition) is 1. The lowest BCUT2D eigenvalue weighted by atomic mass is 9.82. The maximum Gasteiger partial charge on any atom is 0.0393 e. The molecule has 0 aliphatic heterocycles. The van der Waals surface area contributed by atoms with Gasteiger partial charge in [0.05, 0.1) is 0 Å². The van der Waals surface area contributed by atoms with E-state index in [1.807, 2.05) is 18.2 Å². The van der Waals surface area contributed by atoms with Crippen LogP contribution >= 0.6 is 0 Å². The summed E-state index contributed by atoms with van der Waals surface area (Å²) in [6.07, 6.45) is 0. The lowest BCUT2D eigenvalue weighted by Gasteiger charge is -2.21. The van der Waals surface area contributed by atoms with Crippen molar-refractivity contribution in [3.05, 3.63) is 152 Å². The van der Waals surface area contributed by atoms with Gasteiger partial charge in [-0.2, -0.15) is 0 Å². The molecule has 1 aliphatic carbocycles. The van der Waals surface area contributed by atoms with Crippen LogP contribution in [-0.4, -0.2) is 0 Å². The highest BCUT2D eigenvalue weighted by Gasteiger charge is 2.29. The van der Waals surface area contributed by atoms with E-state index in [-0.39, 0.29) is 0 Å². The fraction of sp³-hybridized carbons (Fsp3) is 0. The second-order valence-electron chi connectivity index (χ2n) is 10.7. The molecule has 0 saturated carbocycles. The van der Waals surface area contributed by atoms with Crippen molar-refractivity contribution in [3.8, 4) is 66.8 Å². The normalized spacial score (nSPS) is 11.5. The zero-order valence-electron chi connectivity index (χ0n) is 22.5. The van der Waals surface area contributed by atoms with Gasteiger partial charge in [0, 0.05) is 11.3 Å². The summed E-state index contributed by atoms with van der Waals surface area (Å²) in [6, 6.07) is 54.4. The van der Waals surface area contributed by atoms with Crippen LogP contribution in [0.5, 0.6) is 0 Å². The van der Waals surface area contributed by atoms with E-state index in [1.165, 1.54) is 66.4 Å². The number of nitrogen functional groups attached to an aromatic ring is 1. The zero-order valence-corrected chi connectivity index (χ0v) is 22.5. The molecule has 0 atom stereocenters. The molecule has 0 heterocycles. The average Bonchev–Trinajstić information content (AvgIpc) is 3.37. The van der Waals surface area contributed by atoms with Gasteiger partial charge in [0.2, 0.25) is 0 Å². The predicted octanol–water partition coefficient (Wildman–Crippen LogP) is 10.7. The van der Waals surface area contributed by atoms with Crippen molar-refractivity contribution in [3.63, 3.8) is 0 Å². The molecule has 41 heavy (non-hydrogen) atoms. The van der Waals surface area contributed by atoms with E-state index in [0.717, 1.165) is 16.8 Å². The molecule has 0 bridgehead atoms. The first-order valence-electron chi connectivity index (χ1n) is 14.1. The fourth-order valence-electron chi connectivity index (χ4n) is 6.56. The van der Waals surface area contributed by atoms with Crippen LogP contribution in [0.15, 0.2) is 152 Å². The number of rotatable bonds is 4. The Morgan fingerprint density at radius 1 is 0.317 bits per heavy atom. The Labute approximate surface area is 240 Å². The molecule has 7 aromatic rings. The van der Waals surface area contributed by atoms with E-state index < -0.39 is 0 Å². The second kappa shape index (κ2) is 9.36. The Morgan fingerprint density at radius 2 is 0.805 bits per heavy atom. The third-order valence-corrected chi connectivity index (χ3v) is 8.39. The van der Waals surface area contributed by atoms with Gasteiger partial charge in [-0.1, -0.05) is 140 Å². The molecule has 1 heteroatoms. The van der Waals surface area contributed by atoms with Crippen molar-refractivity contribution in [1.82, 2.24) is 0 Å². The number of fused-ring (bicyclic) bond motifs is 3. The molecule has 192 valence electrons. The Kier molecular flexibility index (Phi) is 5.36. The van der Waals surface area contributed by atoms with Crippen LogP contribution < -0.4 is 5.73 Å². The molecule has 8 rings (SSSR count). The predicted molar refractivity (Wildman–Crippen MR) is 175 cm³/mol. The third kappa shape index (κ3) is 3.71. The molecule has 1 nitrogen and oxygen atoms in total. The Balaban J connectivity index is 1.47. The van der Waals surface area contributed by atoms with Gasteiger partial charge in [-0.3, -0.25) is 0 Å². The molecule has 0 unspecified atom stereocenters. The van der Waals surface area contributed by atoms with Crippen molar-refractivity contribution in [2.45, 2.75) is 0 Å². The molecular formula is C40H27N. The topological polar surface area (TPSA) is 26.0 Å². The summed E-state index contributed by atoms with van der Waals surface area (Å²) in [5.41, 5.74) is 21.9. The summed E-state index contributed by atoms with van der Waals surface area (Å²) in [4.78, 5) is 0. The van der Waals surface area contributed by atoms with Crippen LogP contribution in [0.25, 0.3) is 77.5 Å². The lowest BCUT2D eigenvalue weighted by Crippen LogP contribution is -1.95. The van der Waals surface area contributed by atoms with Crippen LogP contribution in [0, 0.1) is 0 Å². The van der Waals surface area contributed by atoms with Crippen molar-refractivity contribution < 1.29 is 0 Å². The standard InChI is InChI=1S/C40H27N/c41-36-20-8-7-17-31(36)27-21-23-28(24-22-27)34-25-35(26-11-3-1-4-12-26)39-32-18-9-15-29-16-10-19-33(37(29)32)40(39)38(34)30-13-5-2-6-14-30/h1-25H,41H2. The summed E-state index contributed by atoms with van der Waals surface area (Å²) in [6.45, 7) is 0. The van der Waals surface area contributed by atoms with Gasteiger partial charge in [0.25, 0.3) is 0 Å². The van der Waals surface area contributed by atoms with Crippen molar-refractivity contribution >= 4 is 16.5 Å². The molecule has 0 radical (unpaired) electrons. The molecular weight excluding hydrogens is 494 g/mol. The highest BCUT2D eigenvalue weighted by Crippen LogP contribution is 2.57. The minimum atomic E-state index is 0.792. The molecule has 2 N–H and O–H groups in total.